The van der Waals surface area contributed by atoms with Crippen molar-refractivity contribution in [2.75, 3.05) is 41.0 Å². The van der Waals surface area contributed by atoms with Crippen LogP contribution >= 0.6 is 11.6 Å². The van der Waals surface area contributed by atoms with E-state index in [9.17, 15) is 0 Å². The normalized spacial score (nSPS) is 19.1. The van der Waals surface area contributed by atoms with Crippen LogP contribution in [0.5, 0.6) is 17.2 Å². The van der Waals surface area contributed by atoms with Gasteiger partial charge >= 0.3 is 0 Å². The number of halogens is 1. The van der Waals surface area contributed by atoms with Crippen molar-refractivity contribution in [2.45, 2.75) is 6.10 Å². The van der Waals surface area contributed by atoms with Gasteiger partial charge in [-0.3, -0.25) is 0 Å². The van der Waals surface area contributed by atoms with Gasteiger partial charge in [0.2, 0.25) is 0 Å². The van der Waals surface area contributed by atoms with E-state index < -0.39 is 0 Å². The fraction of sp³-hybridized carbons (Fsp3) is 0.538. The van der Waals surface area contributed by atoms with Crippen molar-refractivity contribution in [3.8, 4) is 17.2 Å². The zero-order valence-electron chi connectivity index (χ0n) is 11.3. The third kappa shape index (κ3) is 2.73. The first kappa shape index (κ1) is 14.2. The lowest BCUT2D eigenvalue weighted by Crippen LogP contribution is -2.33. The van der Waals surface area contributed by atoms with Gasteiger partial charge in [-0.05, 0) is 0 Å². The van der Waals surface area contributed by atoms with E-state index in [1.807, 2.05) is 0 Å². The van der Waals surface area contributed by atoms with Crippen LogP contribution in [0, 0.1) is 0 Å². The number of morpholine rings is 1. The van der Waals surface area contributed by atoms with Crippen LogP contribution in [-0.2, 0) is 4.74 Å². The Morgan fingerprint density at radius 1 is 1.21 bits per heavy atom. The molecular weight excluding hydrogens is 270 g/mol. The van der Waals surface area contributed by atoms with E-state index in [-0.39, 0.29) is 6.10 Å². The molecule has 0 aliphatic carbocycles. The standard InChI is InChI=1S/C13H18ClNO4/c1-16-9-6-8(14)12(17-2)11(13(9)18-3)10-7-15-4-5-19-10/h6,10,15H,4-5,7H2,1-3H3. The molecular formula is C13H18ClNO4. The number of ether oxygens (including phenoxy) is 4. The molecule has 0 bridgehead atoms. The fourth-order valence-corrected chi connectivity index (χ4v) is 2.50. The third-order valence-corrected chi connectivity index (χ3v) is 3.35. The Balaban J connectivity index is 2.55. The second-order valence-corrected chi connectivity index (χ2v) is 4.51. The highest BCUT2D eigenvalue weighted by molar-refractivity contribution is 6.32. The zero-order chi connectivity index (χ0) is 13.8. The summed E-state index contributed by atoms with van der Waals surface area (Å²) in [4.78, 5) is 0. The number of nitrogens with one attached hydrogen (secondary N) is 1. The van der Waals surface area contributed by atoms with Crippen molar-refractivity contribution in [1.82, 2.24) is 5.32 Å². The Hall–Kier alpha value is -1.17. The summed E-state index contributed by atoms with van der Waals surface area (Å²) in [6.45, 7) is 2.14. The molecule has 1 aromatic rings. The molecule has 2 rings (SSSR count). The molecule has 106 valence electrons. The average molecular weight is 288 g/mol. The zero-order valence-corrected chi connectivity index (χ0v) is 12.0. The van der Waals surface area contributed by atoms with E-state index in [1.165, 1.54) is 0 Å². The Labute approximate surface area is 117 Å². The van der Waals surface area contributed by atoms with Gasteiger partial charge in [0.1, 0.15) is 11.9 Å². The summed E-state index contributed by atoms with van der Waals surface area (Å²) in [6.07, 6.45) is -0.175. The van der Waals surface area contributed by atoms with Crippen LogP contribution < -0.4 is 19.5 Å². The van der Waals surface area contributed by atoms with E-state index in [0.29, 0.717) is 35.4 Å². The number of rotatable bonds is 4. The van der Waals surface area contributed by atoms with Crippen molar-refractivity contribution in [3.05, 3.63) is 16.7 Å². The summed E-state index contributed by atoms with van der Waals surface area (Å²) in [7, 11) is 4.74. The predicted molar refractivity (Wildman–Crippen MR) is 72.7 cm³/mol. The molecule has 1 saturated heterocycles. The molecule has 0 saturated carbocycles. The van der Waals surface area contributed by atoms with Gasteiger partial charge in [0, 0.05) is 19.2 Å². The SMILES string of the molecule is COc1cc(Cl)c(OC)c(C2CNCCO2)c1OC. The van der Waals surface area contributed by atoms with Gasteiger partial charge in [0.15, 0.2) is 11.5 Å². The minimum atomic E-state index is -0.175. The highest BCUT2D eigenvalue weighted by Crippen LogP contribution is 2.46. The number of hydrogen-bond donors (Lipinski definition) is 1. The maximum absolute atomic E-state index is 6.23. The molecule has 1 aliphatic rings. The number of hydrogen-bond acceptors (Lipinski definition) is 5. The largest absolute Gasteiger partial charge is 0.495 e. The summed E-state index contributed by atoms with van der Waals surface area (Å²) in [6, 6.07) is 1.68. The molecule has 1 N–H and O–H groups in total. The summed E-state index contributed by atoms with van der Waals surface area (Å²) >= 11 is 6.23. The van der Waals surface area contributed by atoms with Crippen LogP contribution in [0.1, 0.15) is 11.7 Å². The van der Waals surface area contributed by atoms with Crippen LogP contribution in [0.2, 0.25) is 5.02 Å². The predicted octanol–water partition coefficient (Wildman–Crippen LogP) is 2.03. The van der Waals surface area contributed by atoms with E-state index in [1.54, 1.807) is 27.4 Å². The van der Waals surface area contributed by atoms with Gasteiger partial charge in [-0.25, -0.2) is 0 Å². The number of benzene rings is 1. The summed E-state index contributed by atoms with van der Waals surface area (Å²) in [5.41, 5.74) is 0.779. The van der Waals surface area contributed by atoms with Crippen LogP contribution in [0.15, 0.2) is 6.07 Å². The Kier molecular flexibility index (Phi) is 4.74. The molecule has 1 aliphatic heterocycles. The maximum atomic E-state index is 6.23. The molecule has 1 fully saturated rings. The molecule has 5 nitrogen and oxygen atoms in total. The minimum Gasteiger partial charge on any atom is -0.495 e. The quantitative estimate of drug-likeness (QED) is 0.918. The van der Waals surface area contributed by atoms with Gasteiger partial charge in [-0.1, -0.05) is 11.6 Å². The molecule has 1 atom stereocenters. The summed E-state index contributed by atoms with van der Waals surface area (Å²) in [5.74, 6) is 1.72. The van der Waals surface area contributed by atoms with Gasteiger partial charge in [-0.2, -0.15) is 0 Å². The number of methoxy groups -OCH3 is 3. The highest BCUT2D eigenvalue weighted by atomic mass is 35.5. The summed E-state index contributed by atoms with van der Waals surface area (Å²) < 4.78 is 21.9. The van der Waals surface area contributed by atoms with Crippen molar-refractivity contribution in [2.24, 2.45) is 0 Å². The molecule has 0 radical (unpaired) electrons. The van der Waals surface area contributed by atoms with Crippen molar-refractivity contribution < 1.29 is 18.9 Å². The Bertz CT molecular complexity index is 447. The van der Waals surface area contributed by atoms with E-state index in [2.05, 4.69) is 5.32 Å². The van der Waals surface area contributed by atoms with Crippen molar-refractivity contribution >= 4 is 11.6 Å². The van der Waals surface area contributed by atoms with Gasteiger partial charge in [0.25, 0.3) is 0 Å². The molecule has 0 spiro atoms. The molecule has 1 aromatic carbocycles. The second kappa shape index (κ2) is 6.32. The van der Waals surface area contributed by atoms with E-state index in [4.69, 9.17) is 30.5 Å². The van der Waals surface area contributed by atoms with E-state index in [0.717, 1.165) is 12.1 Å². The lowest BCUT2D eigenvalue weighted by Gasteiger charge is -2.27. The monoisotopic (exact) mass is 287 g/mol. The Morgan fingerprint density at radius 3 is 2.47 bits per heavy atom. The molecule has 19 heavy (non-hydrogen) atoms. The fourth-order valence-electron chi connectivity index (χ4n) is 2.22. The van der Waals surface area contributed by atoms with Gasteiger partial charge in [-0.15, -0.1) is 0 Å². The first-order chi connectivity index (χ1) is 9.22. The van der Waals surface area contributed by atoms with Gasteiger partial charge < -0.3 is 24.3 Å². The third-order valence-electron chi connectivity index (χ3n) is 3.07. The van der Waals surface area contributed by atoms with E-state index >= 15 is 0 Å². The lowest BCUT2D eigenvalue weighted by molar-refractivity contribution is 0.0246. The van der Waals surface area contributed by atoms with Gasteiger partial charge in [0.05, 0.1) is 38.5 Å². The van der Waals surface area contributed by atoms with Crippen LogP contribution in [0.3, 0.4) is 0 Å². The lowest BCUT2D eigenvalue weighted by atomic mass is 10.0. The average Bonchev–Trinajstić information content (AvgIpc) is 2.46. The first-order valence-electron chi connectivity index (χ1n) is 6.03. The molecule has 0 amide bonds. The molecule has 1 heterocycles. The van der Waals surface area contributed by atoms with Crippen LogP contribution in [0.25, 0.3) is 0 Å². The smallest absolute Gasteiger partial charge is 0.170 e. The second-order valence-electron chi connectivity index (χ2n) is 4.10. The molecule has 0 aromatic heterocycles. The first-order valence-corrected chi connectivity index (χ1v) is 6.41. The topological polar surface area (TPSA) is 49.0 Å². The molecule has 1 unspecified atom stereocenters. The van der Waals surface area contributed by atoms with Crippen LogP contribution in [-0.4, -0.2) is 41.0 Å². The van der Waals surface area contributed by atoms with Crippen molar-refractivity contribution in [3.63, 3.8) is 0 Å². The minimum absolute atomic E-state index is 0.175. The molecule has 6 heteroatoms. The summed E-state index contributed by atoms with van der Waals surface area (Å²) in [5, 5.41) is 3.75. The van der Waals surface area contributed by atoms with Crippen molar-refractivity contribution in [1.29, 1.82) is 0 Å². The van der Waals surface area contributed by atoms with Crippen LogP contribution in [0.4, 0.5) is 0 Å². The Morgan fingerprint density at radius 2 is 1.95 bits per heavy atom. The highest BCUT2D eigenvalue weighted by Gasteiger charge is 2.28. The maximum Gasteiger partial charge on any atom is 0.170 e.